The molecule has 6 heteroatoms. The van der Waals surface area contributed by atoms with Crippen molar-refractivity contribution >= 4 is 21.6 Å². The molecule has 1 atom stereocenters. The van der Waals surface area contributed by atoms with Crippen LogP contribution in [0.1, 0.15) is 31.1 Å². The van der Waals surface area contributed by atoms with Crippen LogP contribution >= 0.6 is 11.6 Å². The summed E-state index contributed by atoms with van der Waals surface area (Å²) in [7, 11) is -3.63. The Kier molecular flexibility index (Phi) is 4.95. The van der Waals surface area contributed by atoms with Crippen molar-refractivity contribution in [1.29, 1.82) is 0 Å². The van der Waals surface area contributed by atoms with E-state index in [1.165, 1.54) is 0 Å². The summed E-state index contributed by atoms with van der Waals surface area (Å²) in [4.78, 5) is 0.342. The highest BCUT2D eigenvalue weighted by atomic mass is 35.5. The van der Waals surface area contributed by atoms with Crippen molar-refractivity contribution in [3.63, 3.8) is 0 Å². The van der Waals surface area contributed by atoms with Crippen molar-refractivity contribution in [2.45, 2.75) is 37.3 Å². The maximum Gasteiger partial charge on any atom is 0.244 e. The van der Waals surface area contributed by atoms with Gasteiger partial charge in [0, 0.05) is 11.6 Å². The lowest BCUT2D eigenvalue weighted by molar-refractivity contribution is -0.0655. The Bertz CT molecular complexity index is 880. The number of nitrogens with zero attached hydrogens (tertiary/aromatic N) is 1. The van der Waals surface area contributed by atoms with Crippen LogP contribution in [0.15, 0.2) is 53.4 Å². The van der Waals surface area contributed by atoms with E-state index in [9.17, 15) is 8.42 Å². The summed E-state index contributed by atoms with van der Waals surface area (Å²) in [5.41, 5.74) is 0.994. The molecule has 0 bridgehead atoms. The van der Waals surface area contributed by atoms with Gasteiger partial charge in [0.25, 0.3) is 0 Å². The van der Waals surface area contributed by atoms with Crippen LogP contribution < -0.4 is 0 Å². The lowest BCUT2D eigenvalue weighted by Gasteiger charge is -2.44. The Hall–Kier alpha value is -1.40. The van der Waals surface area contributed by atoms with Crippen molar-refractivity contribution in [3.8, 4) is 0 Å². The molecule has 0 spiro atoms. The quantitative estimate of drug-likeness (QED) is 0.803. The van der Waals surface area contributed by atoms with Crippen molar-refractivity contribution in [2.24, 2.45) is 0 Å². The highest BCUT2D eigenvalue weighted by Crippen LogP contribution is 2.35. The van der Waals surface area contributed by atoms with Gasteiger partial charge in [-0.1, -0.05) is 41.9 Å². The second-order valence-corrected chi connectivity index (χ2v) is 9.24. The van der Waals surface area contributed by atoms with Gasteiger partial charge in [0.1, 0.15) is 0 Å². The highest BCUT2D eigenvalue weighted by molar-refractivity contribution is 7.89. The lowest BCUT2D eigenvalue weighted by atomic mass is 10.0. The van der Waals surface area contributed by atoms with E-state index in [0.29, 0.717) is 16.5 Å². The zero-order valence-corrected chi connectivity index (χ0v) is 16.1. The second kappa shape index (κ2) is 6.72. The van der Waals surface area contributed by atoms with E-state index < -0.39 is 15.6 Å². The van der Waals surface area contributed by atoms with Crippen molar-refractivity contribution < 1.29 is 13.2 Å². The summed E-state index contributed by atoms with van der Waals surface area (Å²) in [6, 6.07) is 14.4. The number of aryl methyl sites for hydroxylation is 1. The normalized spacial score (nSPS) is 21.2. The minimum absolute atomic E-state index is 0.254. The summed E-state index contributed by atoms with van der Waals surface area (Å²) < 4.78 is 34.1. The number of hydrogen-bond acceptors (Lipinski definition) is 3. The van der Waals surface area contributed by atoms with Gasteiger partial charge in [0.15, 0.2) is 0 Å². The van der Waals surface area contributed by atoms with Gasteiger partial charge in [0.2, 0.25) is 10.0 Å². The van der Waals surface area contributed by atoms with Crippen LogP contribution in [0.3, 0.4) is 0 Å². The molecule has 1 aliphatic heterocycles. The zero-order chi connectivity index (χ0) is 18.2. The average Bonchev–Trinajstić information content (AvgIpc) is 2.54. The summed E-state index contributed by atoms with van der Waals surface area (Å²) in [5, 5.41) is 0.610. The topological polar surface area (TPSA) is 46.6 Å². The molecule has 4 nitrogen and oxygen atoms in total. The van der Waals surface area contributed by atoms with Crippen LogP contribution in [0.5, 0.6) is 0 Å². The van der Waals surface area contributed by atoms with Gasteiger partial charge in [-0.2, -0.15) is 4.31 Å². The van der Waals surface area contributed by atoms with Crippen LogP contribution in [0.2, 0.25) is 5.02 Å². The SMILES string of the molecule is Cc1ccccc1S(=O)(=O)N1CC(c2cccc(Cl)c2)OCC1(C)C. The number of ether oxygens (including phenoxy) is 1. The summed E-state index contributed by atoms with van der Waals surface area (Å²) in [6.07, 6.45) is -0.342. The molecule has 0 saturated carbocycles. The van der Waals surface area contributed by atoms with Gasteiger partial charge < -0.3 is 4.74 Å². The van der Waals surface area contributed by atoms with Gasteiger partial charge in [-0.05, 0) is 50.1 Å². The van der Waals surface area contributed by atoms with Crippen molar-refractivity contribution in [3.05, 3.63) is 64.7 Å². The summed E-state index contributed by atoms with van der Waals surface area (Å²) in [6.45, 7) is 6.15. The molecule has 1 fully saturated rings. The molecule has 25 heavy (non-hydrogen) atoms. The minimum Gasteiger partial charge on any atom is -0.370 e. The van der Waals surface area contributed by atoms with Gasteiger partial charge in [-0.15, -0.1) is 0 Å². The molecule has 0 radical (unpaired) electrons. The fraction of sp³-hybridized carbons (Fsp3) is 0.368. The summed E-state index contributed by atoms with van der Waals surface area (Å²) in [5.74, 6) is 0. The maximum absolute atomic E-state index is 13.3. The lowest BCUT2D eigenvalue weighted by Crippen LogP contribution is -2.56. The van der Waals surface area contributed by atoms with Gasteiger partial charge in [-0.3, -0.25) is 0 Å². The van der Waals surface area contributed by atoms with E-state index in [-0.39, 0.29) is 12.6 Å². The average molecular weight is 380 g/mol. The molecule has 2 aromatic carbocycles. The molecule has 2 aromatic rings. The molecule has 1 heterocycles. The van der Waals surface area contributed by atoms with Crippen LogP contribution in [0, 0.1) is 6.92 Å². The summed E-state index contributed by atoms with van der Waals surface area (Å²) >= 11 is 6.08. The number of benzene rings is 2. The fourth-order valence-electron chi connectivity index (χ4n) is 3.12. The smallest absolute Gasteiger partial charge is 0.244 e. The van der Waals surface area contributed by atoms with Crippen LogP contribution in [0.25, 0.3) is 0 Å². The monoisotopic (exact) mass is 379 g/mol. The molecular weight excluding hydrogens is 358 g/mol. The largest absolute Gasteiger partial charge is 0.370 e. The molecule has 0 aliphatic carbocycles. The Morgan fingerprint density at radius 3 is 2.56 bits per heavy atom. The zero-order valence-electron chi connectivity index (χ0n) is 14.6. The molecule has 1 aliphatic rings. The van der Waals surface area contributed by atoms with E-state index in [1.54, 1.807) is 22.5 Å². The predicted octanol–water partition coefficient (Wildman–Crippen LogP) is 4.19. The second-order valence-electron chi connectivity index (χ2n) is 6.97. The first kappa shape index (κ1) is 18.4. The van der Waals surface area contributed by atoms with Crippen molar-refractivity contribution in [2.75, 3.05) is 13.2 Å². The molecule has 0 N–H and O–H groups in total. The van der Waals surface area contributed by atoms with E-state index in [0.717, 1.165) is 11.1 Å². The predicted molar refractivity (Wildman–Crippen MR) is 99.3 cm³/mol. The Morgan fingerprint density at radius 1 is 1.16 bits per heavy atom. The van der Waals surface area contributed by atoms with Crippen LogP contribution in [-0.4, -0.2) is 31.4 Å². The minimum atomic E-state index is -3.63. The number of halogens is 1. The Balaban J connectivity index is 1.99. The van der Waals surface area contributed by atoms with Gasteiger partial charge in [-0.25, -0.2) is 8.42 Å². The van der Waals surface area contributed by atoms with Crippen molar-refractivity contribution in [1.82, 2.24) is 4.31 Å². The number of hydrogen-bond donors (Lipinski definition) is 0. The molecule has 0 aromatic heterocycles. The Labute approximate surface area is 154 Å². The molecule has 1 unspecified atom stereocenters. The van der Waals surface area contributed by atoms with Gasteiger partial charge in [0.05, 0.1) is 23.1 Å². The third kappa shape index (κ3) is 3.60. The van der Waals surface area contributed by atoms with E-state index >= 15 is 0 Å². The molecule has 0 amide bonds. The first-order valence-electron chi connectivity index (χ1n) is 8.17. The number of sulfonamides is 1. The van der Waals surface area contributed by atoms with E-state index in [2.05, 4.69) is 0 Å². The molecule has 3 rings (SSSR count). The standard InChI is InChI=1S/C19H22ClNO3S/c1-14-7-4-5-10-18(14)25(22,23)21-12-17(24-13-19(21,2)3)15-8-6-9-16(20)11-15/h4-11,17H,12-13H2,1-3H3. The first-order chi connectivity index (χ1) is 11.7. The molecule has 1 saturated heterocycles. The highest BCUT2D eigenvalue weighted by Gasteiger charge is 2.43. The number of morpholine rings is 1. The molecule has 134 valence electrons. The third-order valence-corrected chi connectivity index (χ3v) is 7.00. The van der Waals surface area contributed by atoms with Crippen LogP contribution in [-0.2, 0) is 14.8 Å². The maximum atomic E-state index is 13.3. The number of rotatable bonds is 3. The van der Waals surface area contributed by atoms with E-state index in [1.807, 2.05) is 51.1 Å². The molecular formula is C19H22ClNO3S. The Morgan fingerprint density at radius 2 is 1.88 bits per heavy atom. The van der Waals surface area contributed by atoms with Gasteiger partial charge >= 0.3 is 0 Å². The third-order valence-electron chi connectivity index (χ3n) is 4.53. The van der Waals surface area contributed by atoms with E-state index in [4.69, 9.17) is 16.3 Å². The fourth-order valence-corrected chi connectivity index (χ4v) is 5.32. The first-order valence-corrected chi connectivity index (χ1v) is 9.99. The van der Waals surface area contributed by atoms with Crippen LogP contribution in [0.4, 0.5) is 0 Å².